The van der Waals surface area contributed by atoms with E-state index in [0.717, 1.165) is 33.9 Å². The first-order valence-electron chi connectivity index (χ1n) is 10.1. The molecule has 0 saturated heterocycles. The first-order chi connectivity index (χ1) is 14.5. The van der Waals surface area contributed by atoms with Crippen molar-refractivity contribution in [1.82, 2.24) is 4.98 Å². The van der Waals surface area contributed by atoms with Gasteiger partial charge in [-0.05, 0) is 50.1 Å². The van der Waals surface area contributed by atoms with Gasteiger partial charge in [-0.2, -0.15) is 0 Å². The summed E-state index contributed by atoms with van der Waals surface area (Å²) in [6.07, 6.45) is 0.120. The zero-order valence-corrected chi connectivity index (χ0v) is 17.6. The van der Waals surface area contributed by atoms with Crippen LogP contribution in [-0.2, 0) is 22.4 Å². The Kier molecular flexibility index (Phi) is 7.25. The summed E-state index contributed by atoms with van der Waals surface area (Å²) in [5.74, 6) is 1.23. The quantitative estimate of drug-likeness (QED) is 0.526. The number of hydrogen-bond donors (Lipinski definition) is 1. The third-order valence-electron chi connectivity index (χ3n) is 4.81. The van der Waals surface area contributed by atoms with Crippen molar-refractivity contribution < 1.29 is 23.8 Å². The molecule has 30 heavy (non-hydrogen) atoms. The van der Waals surface area contributed by atoms with Gasteiger partial charge >= 0.3 is 5.97 Å². The van der Waals surface area contributed by atoms with Gasteiger partial charge in [-0.15, -0.1) is 0 Å². The van der Waals surface area contributed by atoms with E-state index >= 15 is 0 Å². The number of hydrogen-bond acceptors (Lipinski definition) is 5. The Hall–Kier alpha value is -3.12. The standard InChI is InChI=1S/C24H27NO5/c1-4-28-22(24(26)27)15-18-10-11-21(16(2)14-18)29-13-12-20-17(3)30-23(25-20)19-8-6-5-7-9-19/h5-11,14,22H,4,12-13,15H2,1-3H3,(H,26,27)/t22-/m0/s1. The SMILES string of the molecule is CCO[C@@H](Cc1ccc(OCCc2nc(-c3ccccc3)oc2C)c(C)c1)C(=O)O. The molecule has 0 fully saturated rings. The lowest BCUT2D eigenvalue weighted by Gasteiger charge is -2.14. The summed E-state index contributed by atoms with van der Waals surface area (Å²) in [6.45, 7) is 6.48. The molecule has 158 valence electrons. The van der Waals surface area contributed by atoms with E-state index in [1.165, 1.54) is 0 Å². The lowest BCUT2D eigenvalue weighted by atomic mass is 10.0. The number of rotatable bonds is 10. The molecule has 6 nitrogen and oxygen atoms in total. The number of oxazole rings is 1. The molecule has 0 aliphatic carbocycles. The second-order valence-corrected chi connectivity index (χ2v) is 7.07. The lowest BCUT2D eigenvalue weighted by molar-refractivity contribution is -0.149. The molecule has 1 atom stereocenters. The number of benzene rings is 2. The number of carboxylic acid groups (broad SMARTS) is 1. The number of aliphatic carboxylic acids is 1. The summed E-state index contributed by atoms with van der Waals surface area (Å²) >= 11 is 0. The van der Waals surface area contributed by atoms with Crippen LogP contribution in [0.3, 0.4) is 0 Å². The van der Waals surface area contributed by atoms with E-state index in [1.807, 2.05) is 62.4 Å². The van der Waals surface area contributed by atoms with Gasteiger partial charge in [0.2, 0.25) is 5.89 Å². The summed E-state index contributed by atoms with van der Waals surface area (Å²) in [5, 5.41) is 9.25. The van der Waals surface area contributed by atoms with Crippen molar-refractivity contribution in [3.63, 3.8) is 0 Å². The van der Waals surface area contributed by atoms with Crippen LogP contribution in [0, 0.1) is 13.8 Å². The molecular weight excluding hydrogens is 382 g/mol. The third-order valence-corrected chi connectivity index (χ3v) is 4.81. The number of aryl methyl sites for hydroxylation is 2. The summed E-state index contributed by atoms with van der Waals surface area (Å²) < 4.78 is 17.0. The molecule has 3 rings (SSSR count). The highest BCUT2D eigenvalue weighted by molar-refractivity contribution is 5.72. The van der Waals surface area contributed by atoms with Gasteiger partial charge in [0.15, 0.2) is 6.10 Å². The van der Waals surface area contributed by atoms with E-state index in [0.29, 0.717) is 31.9 Å². The van der Waals surface area contributed by atoms with Gasteiger partial charge in [-0.25, -0.2) is 9.78 Å². The van der Waals surface area contributed by atoms with E-state index in [2.05, 4.69) is 4.98 Å². The van der Waals surface area contributed by atoms with Gasteiger partial charge < -0.3 is 19.0 Å². The topological polar surface area (TPSA) is 81.8 Å². The molecule has 0 aliphatic heterocycles. The van der Waals surface area contributed by atoms with Crippen LogP contribution in [0.1, 0.15) is 29.5 Å². The fourth-order valence-electron chi connectivity index (χ4n) is 3.26. The molecule has 0 radical (unpaired) electrons. The minimum absolute atomic E-state index is 0.324. The van der Waals surface area contributed by atoms with E-state index in [9.17, 15) is 9.90 Å². The van der Waals surface area contributed by atoms with Crippen LogP contribution >= 0.6 is 0 Å². The molecule has 1 N–H and O–H groups in total. The molecule has 0 unspecified atom stereocenters. The molecule has 2 aromatic carbocycles. The van der Waals surface area contributed by atoms with E-state index in [4.69, 9.17) is 13.9 Å². The zero-order chi connectivity index (χ0) is 21.5. The fourth-order valence-corrected chi connectivity index (χ4v) is 3.26. The Morgan fingerprint density at radius 3 is 2.60 bits per heavy atom. The largest absolute Gasteiger partial charge is 0.493 e. The molecule has 0 aliphatic rings. The first-order valence-corrected chi connectivity index (χ1v) is 10.1. The Labute approximate surface area is 176 Å². The minimum atomic E-state index is -0.951. The van der Waals surface area contributed by atoms with Crippen LogP contribution in [0.25, 0.3) is 11.5 Å². The monoisotopic (exact) mass is 409 g/mol. The van der Waals surface area contributed by atoms with E-state index in [-0.39, 0.29) is 0 Å². The smallest absolute Gasteiger partial charge is 0.333 e. The zero-order valence-electron chi connectivity index (χ0n) is 17.6. The van der Waals surface area contributed by atoms with Crippen molar-refractivity contribution in [2.75, 3.05) is 13.2 Å². The molecule has 3 aromatic rings. The highest BCUT2D eigenvalue weighted by Gasteiger charge is 2.18. The molecule has 0 saturated carbocycles. The highest BCUT2D eigenvalue weighted by Crippen LogP contribution is 2.23. The van der Waals surface area contributed by atoms with Gasteiger partial charge in [0, 0.05) is 25.0 Å². The van der Waals surface area contributed by atoms with Crippen LogP contribution in [0.2, 0.25) is 0 Å². The summed E-state index contributed by atoms with van der Waals surface area (Å²) in [5.41, 5.74) is 3.69. The number of carboxylic acids is 1. The molecule has 6 heteroatoms. The van der Waals surface area contributed by atoms with Crippen LogP contribution in [0.4, 0.5) is 0 Å². The Morgan fingerprint density at radius 2 is 1.93 bits per heavy atom. The van der Waals surface area contributed by atoms with Gasteiger partial charge in [-0.1, -0.05) is 30.3 Å². The lowest BCUT2D eigenvalue weighted by Crippen LogP contribution is -2.26. The van der Waals surface area contributed by atoms with Gasteiger partial charge in [0.05, 0.1) is 12.3 Å². The average molecular weight is 409 g/mol. The maximum absolute atomic E-state index is 11.3. The maximum atomic E-state index is 11.3. The Morgan fingerprint density at radius 1 is 1.17 bits per heavy atom. The average Bonchev–Trinajstić information content (AvgIpc) is 3.10. The number of carbonyl (C=O) groups is 1. The molecule has 0 amide bonds. The van der Waals surface area contributed by atoms with Crippen LogP contribution in [0.5, 0.6) is 5.75 Å². The Balaban J connectivity index is 1.59. The first kappa shape index (κ1) is 21.6. The second kappa shape index (κ2) is 10.1. The summed E-state index contributed by atoms with van der Waals surface area (Å²) in [4.78, 5) is 15.9. The molecular formula is C24H27NO5. The molecule has 1 heterocycles. The van der Waals surface area contributed by atoms with Crippen molar-refractivity contribution in [2.45, 2.75) is 39.7 Å². The summed E-state index contributed by atoms with van der Waals surface area (Å²) in [6, 6.07) is 15.5. The van der Waals surface area contributed by atoms with Gasteiger partial charge in [0.25, 0.3) is 0 Å². The van der Waals surface area contributed by atoms with Crippen molar-refractivity contribution in [3.05, 3.63) is 71.1 Å². The normalized spacial score (nSPS) is 12.0. The third kappa shape index (κ3) is 5.48. The van der Waals surface area contributed by atoms with Gasteiger partial charge in [-0.3, -0.25) is 0 Å². The predicted octanol–water partition coefficient (Wildman–Crippen LogP) is 4.61. The fraction of sp³-hybridized carbons (Fsp3) is 0.333. The van der Waals surface area contributed by atoms with E-state index < -0.39 is 12.1 Å². The number of nitrogens with zero attached hydrogens (tertiary/aromatic N) is 1. The molecule has 0 bridgehead atoms. The maximum Gasteiger partial charge on any atom is 0.333 e. The number of aromatic nitrogens is 1. The van der Waals surface area contributed by atoms with Gasteiger partial charge in [0.1, 0.15) is 11.5 Å². The van der Waals surface area contributed by atoms with E-state index in [1.54, 1.807) is 6.92 Å². The molecule has 0 spiro atoms. The van der Waals surface area contributed by atoms with Crippen molar-refractivity contribution in [3.8, 4) is 17.2 Å². The second-order valence-electron chi connectivity index (χ2n) is 7.07. The van der Waals surface area contributed by atoms with Crippen molar-refractivity contribution in [2.24, 2.45) is 0 Å². The number of ether oxygens (including phenoxy) is 2. The van der Waals surface area contributed by atoms with Crippen LogP contribution in [-0.4, -0.2) is 35.4 Å². The predicted molar refractivity (Wildman–Crippen MR) is 114 cm³/mol. The van der Waals surface area contributed by atoms with Crippen LogP contribution in [0.15, 0.2) is 52.9 Å². The van der Waals surface area contributed by atoms with Crippen molar-refractivity contribution in [1.29, 1.82) is 0 Å². The van der Waals surface area contributed by atoms with Crippen molar-refractivity contribution >= 4 is 5.97 Å². The highest BCUT2D eigenvalue weighted by atomic mass is 16.5. The Bertz CT molecular complexity index is 981. The minimum Gasteiger partial charge on any atom is -0.493 e. The summed E-state index contributed by atoms with van der Waals surface area (Å²) in [7, 11) is 0. The molecule has 1 aromatic heterocycles. The van der Waals surface area contributed by atoms with Crippen LogP contribution < -0.4 is 4.74 Å².